The topological polar surface area (TPSA) is 50.8 Å². The SMILES string of the molecule is COc1ccc([C@@H](CNC(=O)COc2ccc(C)c(C)c2)N2CCCC2)cc1. The zero-order chi connectivity index (χ0) is 19.9. The number of ether oxygens (including phenoxy) is 2. The molecule has 1 aliphatic heterocycles. The molecule has 1 atom stereocenters. The summed E-state index contributed by atoms with van der Waals surface area (Å²) in [6.45, 7) is 6.82. The Hall–Kier alpha value is -2.53. The molecule has 1 amide bonds. The maximum absolute atomic E-state index is 12.3. The van der Waals surface area contributed by atoms with Crippen molar-refractivity contribution >= 4 is 5.91 Å². The van der Waals surface area contributed by atoms with Gasteiger partial charge >= 0.3 is 0 Å². The third kappa shape index (κ3) is 5.26. The van der Waals surface area contributed by atoms with Gasteiger partial charge < -0.3 is 14.8 Å². The molecule has 0 radical (unpaired) electrons. The minimum Gasteiger partial charge on any atom is -0.497 e. The molecule has 1 heterocycles. The van der Waals surface area contributed by atoms with Crippen molar-refractivity contribution in [3.63, 3.8) is 0 Å². The van der Waals surface area contributed by atoms with Gasteiger partial charge in [-0.25, -0.2) is 0 Å². The second-order valence-electron chi connectivity index (χ2n) is 7.37. The van der Waals surface area contributed by atoms with Crippen molar-refractivity contribution in [2.75, 3.05) is 33.4 Å². The highest BCUT2D eigenvalue weighted by atomic mass is 16.5. The third-order valence-corrected chi connectivity index (χ3v) is 5.42. The molecule has 1 aliphatic rings. The van der Waals surface area contributed by atoms with Crippen LogP contribution >= 0.6 is 0 Å². The van der Waals surface area contributed by atoms with Crippen molar-refractivity contribution < 1.29 is 14.3 Å². The Morgan fingerprint density at radius 3 is 2.36 bits per heavy atom. The van der Waals surface area contributed by atoms with E-state index in [0.29, 0.717) is 6.54 Å². The van der Waals surface area contributed by atoms with Crippen LogP contribution < -0.4 is 14.8 Å². The number of hydrogen-bond acceptors (Lipinski definition) is 4. The Morgan fingerprint density at radius 1 is 1.04 bits per heavy atom. The fraction of sp³-hybridized carbons (Fsp3) is 0.435. The molecule has 5 nitrogen and oxygen atoms in total. The van der Waals surface area contributed by atoms with E-state index >= 15 is 0 Å². The largest absolute Gasteiger partial charge is 0.497 e. The summed E-state index contributed by atoms with van der Waals surface area (Å²) in [6.07, 6.45) is 2.41. The summed E-state index contributed by atoms with van der Waals surface area (Å²) >= 11 is 0. The smallest absolute Gasteiger partial charge is 0.258 e. The highest BCUT2D eigenvalue weighted by Gasteiger charge is 2.24. The molecular weight excluding hydrogens is 352 g/mol. The molecule has 2 aromatic carbocycles. The van der Waals surface area contributed by atoms with Gasteiger partial charge in [-0.1, -0.05) is 18.2 Å². The van der Waals surface area contributed by atoms with E-state index in [1.54, 1.807) is 7.11 Å². The van der Waals surface area contributed by atoms with E-state index in [0.717, 1.165) is 30.2 Å². The Balaban J connectivity index is 1.57. The summed E-state index contributed by atoms with van der Waals surface area (Å²) in [5, 5.41) is 3.05. The van der Waals surface area contributed by atoms with Crippen molar-refractivity contribution in [3.8, 4) is 11.5 Å². The molecule has 1 saturated heterocycles. The van der Waals surface area contributed by atoms with Gasteiger partial charge in [0.15, 0.2) is 6.61 Å². The van der Waals surface area contributed by atoms with E-state index in [2.05, 4.69) is 29.3 Å². The number of aryl methyl sites for hydroxylation is 2. The molecule has 3 rings (SSSR count). The first kappa shape index (κ1) is 20.2. The van der Waals surface area contributed by atoms with Gasteiger partial charge in [-0.3, -0.25) is 9.69 Å². The molecule has 0 bridgehead atoms. The average molecular weight is 383 g/mol. The van der Waals surface area contributed by atoms with E-state index < -0.39 is 0 Å². The second kappa shape index (κ2) is 9.60. The van der Waals surface area contributed by atoms with Crippen LogP contribution in [0.3, 0.4) is 0 Å². The van der Waals surface area contributed by atoms with Gasteiger partial charge in [-0.05, 0) is 80.7 Å². The zero-order valence-corrected chi connectivity index (χ0v) is 17.0. The predicted octanol–water partition coefficient (Wildman–Crippen LogP) is 3.64. The van der Waals surface area contributed by atoms with Crippen LogP contribution in [0.25, 0.3) is 0 Å². The van der Waals surface area contributed by atoms with Crippen LogP contribution in [-0.2, 0) is 4.79 Å². The van der Waals surface area contributed by atoms with E-state index in [1.165, 1.54) is 24.0 Å². The fourth-order valence-corrected chi connectivity index (χ4v) is 3.55. The van der Waals surface area contributed by atoms with Crippen LogP contribution in [-0.4, -0.2) is 44.2 Å². The third-order valence-electron chi connectivity index (χ3n) is 5.42. The number of hydrogen-bond donors (Lipinski definition) is 1. The summed E-state index contributed by atoms with van der Waals surface area (Å²) in [6, 6.07) is 14.2. The van der Waals surface area contributed by atoms with Crippen molar-refractivity contribution in [3.05, 3.63) is 59.2 Å². The van der Waals surface area contributed by atoms with Gasteiger partial charge in [0.25, 0.3) is 5.91 Å². The Labute approximate surface area is 167 Å². The van der Waals surface area contributed by atoms with Gasteiger partial charge in [0.05, 0.1) is 13.2 Å². The van der Waals surface area contributed by atoms with Gasteiger partial charge in [-0.2, -0.15) is 0 Å². The maximum Gasteiger partial charge on any atom is 0.258 e. The van der Waals surface area contributed by atoms with E-state index in [1.807, 2.05) is 37.3 Å². The zero-order valence-electron chi connectivity index (χ0n) is 17.0. The maximum atomic E-state index is 12.3. The normalized spacial score (nSPS) is 15.2. The molecular formula is C23H30N2O3. The Bertz CT molecular complexity index is 783. The lowest BCUT2D eigenvalue weighted by atomic mass is 10.1. The van der Waals surface area contributed by atoms with Crippen LogP contribution in [0.15, 0.2) is 42.5 Å². The lowest BCUT2D eigenvalue weighted by molar-refractivity contribution is -0.123. The summed E-state index contributed by atoms with van der Waals surface area (Å²) in [5.41, 5.74) is 3.56. The van der Waals surface area contributed by atoms with E-state index in [9.17, 15) is 4.79 Å². The summed E-state index contributed by atoms with van der Waals surface area (Å²) in [4.78, 5) is 14.8. The first-order valence-electron chi connectivity index (χ1n) is 9.91. The van der Waals surface area contributed by atoms with Crippen molar-refractivity contribution in [1.82, 2.24) is 10.2 Å². The predicted molar refractivity (Wildman–Crippen MR) is 111 cm³/mol. The average Bonchev–Trinajstić information content (AvgIpc) is 3.24. The van der Waals surface area contributed by atoms with Gasteiger partial charge in [0, 0.05) is 6.54 Å². The summed E-state index contributed by atoms with van der Waals surface area (Å²) in [7, 11) is 1.67. The first-order chi connectivity index (χ1) is 13.6. The number of benzene rings is 2. The quantitative estimate of drug-likeness (QED) is 0.757. The van der Waals surface area contributed by atoms with Gasteiger partial charge in [-0.15, -0.1) is 0 Å². The molecule has 150 valence electrons. The molecule has 2 aromatic rings. The minimum absolute atomic E-state index is 0.0256. The number of carbonyl (C=O) groups is 1. The molecule has 5 heteroatoms. The lowest BCUT2D eigenvalue weighted by Crippen LogP contribution is -2.38. The molecule has 28 heavy (non-hydrogen) atoms. The van der Waals surface area contributed by atoms with Crippen LogP contribution in [0.4, 0.5) is 0 Å². The van der Waals surface area contributed by atoms with Crippen LogP contribution in [0.2, 0.25) is 0 Å². The molecule has 1 N–H and O–H groups in total. The fourth-order valence-electron chi connectivity index (χ4n) is 3.55. The number of rotatable bonds is 8. The Kier molecular flexibility index (Phi) is 6.93. The number of nitrogens with one attached hydrogen (secondary N) is 1. The van der Waals surface area contributed by atoms with Gasteiger partial charge in [0.1, 0.15) is 11.5 Å². The van der Waals surface area contributed by atoms with Gasteiger partial charge in [0.2, 0.25) is 0 Å². The number of amides is 1. The second-order valence-corrected chi connectivity index (χ2v) is 7.37. The van der Waals surface area contributed by atoms with Crippen molar-refractivity contribution in [1.29, 1.82) is 0 Å². The van der Waals surface area contributed by atoms with E-state index in [4.69, 9.17) is 9.47 Å². The van der Waals surface area contributed by atoms with Crippen LogP contribution in [0.1, 0.15) is 35.6 Å². The summed E-state index contributed by atoms with van der Waals surface area (Å²) in [5.74, 6) is 1.47. The summed E-state index contributed by atoms with van der Waals surface area (Å²) < 4.78 is 10.9. The Morgan fingerprint density at radius 2 is 1.71 bits per heavy atom. The monoisotopic (exact) mass is 382 g/mol. The number of methoxy groups -OCH3 is 1. The van der Waals surface area contributed by atoms with Crippen molar-refractivity contribution in [2.45, 2.75) is 32.7 Å². The molecule has 0 aliphatic carbocycles. The van der Waals surface area contributed by atoms with Crippen LogP contribution in [0.5, 0.6) is 11.5 Å². The standard InChI is InChI=1S/C23H30N2O3/c1-17-6-9-21(14-18(17)2)28-16-23(26)24-15-22(25-12-4-5-13-25)19-7-10-20(27-3)11-8-19/h6-11,14,22H,4-5,12-13,15-16H2,1-3H3,(H,24,26)/t22-/m1/s1. The van der Waals surface area contributed by atoms with Crippen LogP contribution in [0, 0.1) is 13.8 Å². The highest BCUT2D eigenvalue weighted by molar-refractivity contribution is 5.77. The lowest BCUT2D eigenvalue weighted by Gasteiger charge is -2.28. The van der Waals surface area contributed by atoms with Crippen molar-refractivity contribution in [2.24, 2.45) is 0 Å². The number of likely N-dealkylation sites (tertiary alicyclic amines) is 1. The minimum atomic E-state index is -0.101. The molecule has 0 saturated carbocycles. The highest BCUT2D eigenvalue weighted by Crippen LogP contribution is 2.26. The first-order valence-corrected chi connectivity index (χ1v) is 9.91. The molecule has 1 fully saturated rings. The molecule has 0 unspecified atom stereocenters. The molecule has 0 aromatic heterocycles. The van der Waals surface area contributed by atoms with E-state index in [-0.39, 0.29) is 18.6 Å². The number of nitrogens with zero attached hydrogens (tertiary/aromatic N) is 1. The molecule has 0 spiro atoms. The number of carbonyl (C=O) groups excluding carboxylic acids is 1.